The molecule has 0 aliphatic heterocycles. The number of thioether (sulfide) groups is 1. The van der Waals surface area contributed by atoms with Crippen LogP contribution in [0.3, 0.4) is 0 Å². The highest BCUT2D eigenvalue weighted by atomic mass is 32.2. The summed E-state index contributed by atoms with van der Waals surface area (Å²) in [6.45, 7) is 3.80. The van der Waals surface area contributed by atoms with Gasteiger partial charge in [-0.15, -0.1) is 11.8 Å². The molecule has 0 saturated heterocycles. The minimum atomic E-state index is -0.224. The van der Waals surface area contributed by atoms with Crippen LogP contribution in [0, 0.1) is 13.8 Å². The van der Waals surface area contributed by atoms with E-state index in [1.165, 1.54) is 23.1 Å². The lowest BCUT2D eigenvalue weighted by Crippen LogP contribution is -2.13. The van der Waals surface area contributed by atoms with Crippen molar-refractivity contribution in [1.29, 1.82) is 0 Å². The van der Waals surface area contributed by atoms with Crippen LogP contribution in [0.15, 0.2) is 64.3 Å². The highest BCUT2D eigenvalue weighted by Crippen LogP contribution is 2.33. The Bertz CT molecular complexity index is 1400. The van der Waals surface area contributed by atoms with E-state index in [-0.39, 0.29) is 5.91 Å². The molecule has 3 aromatic heterocycles. The minimum Gasteiger partial charge on any atom is -0.361 e. The monoisotopic (exact) mass is 446 g/mol. The summed E-state index contributed by atoms with van der Waals surface area (Å²) in [5, 5.41) is 10.4. The van der Waals surface area contributed by atoms with Crippen molar-refractivity contribution in [3.8, 4) is 0 Å². The number of anilines is 1. The molecule has 2 aromatic carbocycles. The molecule has 0 aliphatic carbocycles. The summed E-state index contributed by atoms with van der Waals surface area (Å²) in [5.41, 5.74) is 3.30. The van der Waals surface area contributed by atoms with Crippen LogP contribution < -0.4 is 5.32 Å². The standard InChI is InChI=1S/C23H18N4O2S2/c1-13-18(14(2)29-27-13)12-30-22-17(8-5-11-24-22)21(28)26-23-25-20-16-7-4-3-6-15(16)9-10-19(20)31-23/h3-11H,12H2,1-2H3,(H,25,26,28). The van der Waals surface area contributed by atoms with Gasteiger partial charge >= 0.3 is 0 Å². The average molecular weight is 447 g/mol. The molecule has 0 radical (unpaired) electrons. The van der Waals surface area contributed by atoms with E-state index in [1.54, 1.807) is 18.3 Å². The summed E-state index contributed by atoms with van der Waals surface area (Å²) in [7, 11) is 0. The predicted octanol–water partition coefficient (Wildman–Crippen LogP) is 5.99. The van der Waals surface area contributed by atoms with Crippen LogP contribution in [0.1, 0.15) is 27.4 Å². The molecule has 5 aromatic rings. The first-order valence-electron chi connectivity index (χ1n) is 9.69. The topological polar surface area (TPSA) is 80.9 Å². The molecule has 0 unspecified atom stereocenters. The number of thiazole rings is 1. The minimum absolute atomic E-state index is 0.224. The molecule has 0 spiro atoms. The molecule has 31 heavy (non-hydrogen) atoms. The van der Waals surface area contributed by atoms with Gasteiger partial charge < -0.3 is 4.52 Å². The van der Waals surface area contributed by atoms with Crippen LogP contribution in [-0.2, 0) is 5.75 Å². The lowest BCUT2D eigenvalue weighted by molar-refractivity contribution is 0.102. The number of carbonyl (C=O) groups excluding carboxylic acids is 1. The Labute approximate surface area is 186 Å². The molecule has 5 rings (SSSR count). The van der Waals surface area contributed by atoms with Crippen LogP contribution in [0.25, 0.3) is 21.0 Å². The Morgan fingerprint density at radius 3 is 2.84 bits per heavy atom. The lowest BCUT2D eigenvalue weighted by atomic mass is 10.1. The maximum Gasteiger partial charge on any atom is 0.260 e. The second-order valence-electron chi connectivity index (χ2n) is 7.05. The molecule has 3 heterocycles. The molecule has 6 nitrogen and oxygen atoms in total. The number of nitrogens with one attached hydrogen (secondary N) is 1. The predicted molar refractivity (Wildman–Crippen MR) is 125 cm³/mol. The van der Waals surface area contributed by atoms with Crippen LogP contribution in [0.5, 0.6) is 0 Å². The number of aryl methyl sites for hydroxylation is 2. The molecule has 0 bridgehead atoms. The summed E-state index contributed by atoms with van der Waals surface area (Å²) in [5.74, 6) is 1.19. The Balaban J connectivity index is 1.40. The van der Waals surface area contributed by atoms with E-state index in [4.69, 9.17) is 4.52 Å². The number of aromatic nitrogens is 3. The van der Waals surface area contributed by atoms with E-state index in [2.05, 4.69) is 32.6 Å². The van der Waals surface area contributed by atoms with E-state index in [1.807, 2.05) is 38.1 Å². The fourth-order valence-electron chi connectivity index (χ4n) is 3.41. The highest BCUT2D eigenvalue weighted by Gasteiger charge is 2.17. The third-order valence-electron chi connectivity index (χ3n) is 5.05. The summed E-state index contributed by atoms with van der Waals surface area (Å²) in [6, 6.07) is 15.8. The Morgan fingerprint density at radius 1 is 1.13 bits per heavy atom. The van der Waals surface area contributed by atoms with E-state index in [0.717, 1.165) is 38.0 Å². The normalized spacial score (nSPS) is 11.3. The van der Waals surface area contributed by atoms with Gasteiger partial charge in [0.15, 0.2) is 5.13 Å². The summed E-state index contributed by atoms with van der Waals surface area (Å²) >= 11 is 2.96. The quantitative estimate of drug-likeness (QED) is 0.334. The number of hydrogen-bond donors (Lipinski definition) is 1. The summed E-state index contributed by atoms with van der Waals surface area (Å²) < 4.78 is 6.27. The number of nitrogens with zero attached hydrogens (tertiary/aromatic N) is 3. The zero-order chi connectivity index (χ0) is 21.4. The lowest BCUT2D eigenvalue weighted by Gasteiger charge is -2.07. The number of amides is 1. The largest absolute Gasteiger partial charge is 0.361 e. The summed E-state index contributed by atoms with van der Waals surface area (Å²) in [4.78, 5) is 22.1. The van der Waals surface area contributed by atoms with Gasteiger partial charge in [0.2, 0.25) is 0 Å². The first kappa shape index (κ1) is 19.7. The van der Waals surface area contributed by atoms with Gasteiger partial charge in [0, 0.05) is 22.9 Å². The molecule has 154 valence electrons. The molecule has 1 amide bonds. The van der Waals surface area contributed by atoms with Crippen molar-refractivity contribution in [2.45, 2.75) is 24.6 Å². The number of hydrogen-bond acceptors (Lipinski definition) is 7. The fourth-order valence-corrected chi connectivity index (χ4v) is 5.43. The molecule has 1 N–H and O–H groups in total. The van der Waals surface area contributed by atoms with Crippen molar-refractivity contribution in [2.75, 3.05) is 5.32 Å². The smallest absolute Gasteiger partial charge is 0.260 e. The van der Waals surface area contributed by atoms with Crippen LogP contribution in [-0.4, -0.2) is 21.0 Å². The van der Waals surface area contributed by atoms with E-state index < -0.39 is 0 Å². The maximum atomic E-state index is 13.0. The van der Waals surface area contributed by atoms with Gasteiger partial charge in [-0.1, -0.05) is 46.8 Å². The summed E-state index contributed by atoms with van der Waals surface area (Å²) in [6.07, 6.45) is 1.69. The van der Waals surface area contributed by atoms with Gasteiger partial charge in [-0.3, -0.25) is 10.1 Å². The fraction of sp³-hybridized carbons (Fsp3) is 0.130. The van der Waals surface area contributed by atoms with E-state index in [9.17, 15) is 4.79 Å². The van der Waals surface area contributed by atoms with Crippen molar-refractivity contribution >= 4 is 55.1 Å². The van der Waals surface area contributed by atoms with Crippen LogP contribution in [0.2, 0.25) is 0 Å². The Hall–Kier alpha value is -3.23. The van der Waals surface area contributed by atoms with E-state index in [0.29, 0.717) is 21.5 Å². The second kappa shape index (κ2) is 8.13. The first-order chi connectivity index (χ1) is 15.1. The third kappa shape index (κ3) is 3.80. The number of rotatable bonds is 5. The molecule has 0 saturated carbocycles. The zero-order valence-corrected chi connectivity index (χ0v) is 18.5. The zero-order valence-electron chi connectivity index (χ0n) is 16.9. The molecule has 8 heteroatoms. The van der Waals surface area contributed by atoms with Gasteiger partial charge in [0.1, 0.15) is 10.8 Å². The third-order valence-corrected chi connectivity index (χ3v) is 7.02. The van der Waals surface area contributed by atoms with Crippen molar-refractivity contribution in [1.82, 2.24) is 15.1 Å². The van der Waals surface area contributed by atoms with Crippen molar-refractivity contribution < 1.29 is 9.32 Å². The molecular formula is C23H18N4O2S2. The van der Waals surface area contributed by atoms with Crippen LogP contribution >= 0.6 is 23.1 Å². The van der Waals surface area contributed by atoms with Gasteiger partial charge in [0.25, 0.3) is 5.91 Å². The molecule has 0 atom stereocenters. The molecule has 0 aliphatic rings. The number of pyridine rings is 1. The van der Waals surface area contributed by atoms with Gasteiger partial charge in [0.05, 0.1) is 21.5 Å². The Kier molecular flexibility index (Phi) is 5.17. The first-order valence-corrected chi connectivity index (χ1v) is 11.5. The van der Waals surface area contributed by atoms with Crippen molar-refractivity contribution in [3.63, 3.8) is 0 Å². The Morgan fingerprint density at radius 2 is 2.00 bits per heavy atom. The highest BCUT2D eigenvalue weighted by molar-refractivity contribution is 7.98. The van der Waals surface area contributed by atoms with Crippen LogP contribution in [0.4, 0.5) is 5.13 Å². The maximum absolute atomic E-state index is 13.0. The van der Waals surface area contributed by atoms with Gasteiger partial charge in [-0.2, -0.15) is 0 Å². The van der Waals surface area contributed by atoms with Gasteiger partial charge in [-0.05, 0) is 37.4 Å². The number of carbonyl (C=O) groups is 1. The van der Waals surface area contributed by atoms with E-state index >= 15 is 0 Å². The number of benzene rings is 2. The average Bonchev–Trinajstić information content (AvgIpc) is 3.34. The second-order valence-corrected chi connectivity index (χ2v) is 9.05. The van der Waals surface area contributed by atoms with Crippen molar-refractivity contribution in [2.24, 2.45) is 0 Å². The molecular weight excluding hydrogens is 428 g/mol. The van der Waals surface area contributed by atoms with Gasteiger partial charge in [-0.25, -0.2) is 9.97 Å². The number of fused-ring (bicyclic) bond motifs is 3. The SMILES string of the molecule is Cc1noc(C)c1CSc1ncccc1C(=O)Nc1nc2c(ccc3ccccc32)s1. The van der Waals surface area contributed by atoms with Crippen molar-refractivity contribution in [3.05, 3.63) is 77.3 Å². The molecule has 0 fully saturated rings.